The lowest BCUT2D eigenvalue weighted by Gasteiger charge is -2.57. The van der Waals surface area contributed by atoms with E-state index in [1.165, 1.54) is 44.0 Å². The first-order valence-corrected chi connectivity index (χ1v) is 8.64. The Labute approximate surface area is 127 Å². The fourth-order valence-corrected chi connectivity index (χ4v) is 6.34. The van der Waals surface area contributed by atoms with Gasteiger partial charge in [0, 0.05) is 4.47 Å². The molecule has 0 spiro atoms. The molecule has 4 bridgehead atoms. The molecule has 0 amide bonds. The molecule has 20 heavy (non-hydrogen) atoms. The fourth-order valence-electron chi connectivity index (χ4n) is 5.78. The maximum Gasteiger partial charge on any atom is 0.102 e. The van der Waals surface area contributed by atoms with Gasteiger partial charge in [-0.15, -0.1) is 0 Å². The molecule has 1 N–H and O–H groups in total. The van der Waals surface area contributed by atoms with Gasteiger partial charge < -0.3 is 4.98 Å². The molecule has 4 aliphatic carbocycles. The molecule has 0 atom stereocenters. The summed E-state index contributed by atoms with van der Waals surface area (Å²) in [6, 6.07) is 4.73. The van der Waals surface area contributed by atoms with Crippen LogP contribution in [-0.4, -0.2) is 9.97 Å². The summed E-state index contributed by atoms with van der Waals surface area (Å²) in [6.07, 6.45) is 10.6. The Kier molecular flexibility index (Phi) is 2.29. The Morgan fingerprint density at radius 3 is 2.35 bits per heavy atom. The smallest absolute Gasteiger partial charge is 0.102 e. The predicted molar refractivity (Wildman–Crippen MR) is 83.6 cm³/mol. The summed E-state index contributed by atoms with van der Waals surface area (Å²) in [5.41, 5.74) is 4.28. The van der Waals surface area contributed by atoms with E-state index in [1.54, 1.807) is 11.9 Å². The van der Waals surface area contributed by atoms with E-state index in [-0.39, 0.29) is 0 Å². The molecule has 104 valence electrons. The van der Waals surface area contributed by atoms with Crippen molar-refractivity contribution in [1.29, 1.82) is 0 Å². The zero-order chi connectivity index (χ0) is 13.3. The lowest BCUT2D eigenvalue weighted by molar-refractivity contribution is -0.00515. The molecule has 4 fully saturated rings. The Balaban J connectivity index is 1.67. The van der Waals surface area contributed by atoms with Crippen molar-refractivity contribution in [1.82, 2.24) is 9.97 Å². The van der Waals surface area contributed by atoms with E-state index >= 15 is 0 Å². The first kappa shape index (κ1) is 11.8. The van der Waals surface area contributed by atoms with E-state index in [9.17, 15) is 0 Å². The predicted octanol–water partition coefficient (Wildman–Crippen LogP) is 4.79. The highest BCUT2D eigenvalue weighted by Gasteiger charge is 2.51. The topological polar surface area (TPSA) is 28.7 Å². The van der Waals surface area contributed by atoms with Gasteiger partial charge in [-0.1, -0.05) is 0 Å². The molecule has 0 saturated heterocycles. The summed E-state index contributed by atoms with van der Waals surface area (Å²) >= 11 is 3.72. The molecule has 6 rings (SSSR count). The van der Waals surface area contributed by atoms with Gasteiger partial charge in [0.2, 0.25) is 0 Å². The maximum atomic E-state index is 4.40. The molecular formula is C17H19BrN2. The van der Waals surface area contributed by atoms with Crippen LogP contribution in [-0.2, 0) is 5.41 Å². The monoisotopic (exact) mass is 330 g/mol. The number of benzene rings is 1. The van der Waals surface area contributed by atoms with Crippen LogP contribution in [0.3, 0.4) is 0 Å². The summed E-state index contributed by atoms with van der Waals surface area (Å²) in [7, 11) is 0. The number of hydrogen-bond acceptors (Lipinski definition) is 1. The second kappa shape index (κ2) is 3.88. The average Bonchev–Trinajstić information content (AvgIpc) is 2.86. The molecular weight excluding hydrogens is 312 g/mol. The summed E-state index contributed by atoms with van der Waals surface area (Å²) < 4.78 is 1.15. The van der Waals surface area contributed by atoms with Gasteiger partial charge in [0.1, 0.15) is 5.52 Å². The van der Waals surface area contributed by atoms with Gasteiger partial charge in [0.25, 0.3) is 0 Å². The van der Waals surface area contributed by atoms with Crippen LogP contribution >= 0.6 is 15.9 Å². The van der Waals surface area contributed by atoms with Crippen molar-refractivity contribution in [3.63, 3.8) is 0 Å². The number of aromatic nitrogens is 2. The van der Waals surface area contributed by atoms with Crippen molar-refractivity contribution in [3.05, 3.63) is 28.5 Å². The zero-order valence-electron chi connectivity index (χ0n) is 11.5. The lowest BCUT2D eigenvalue weighted by atomic mass is 9.48. The molecule has 4 saturated carbocycles. The summed E-state index contributed by atoms with van der Waals surface area (Å²) in [5, 5.41) is 0. The van der Waals surface area contributed by atoms with E-state index in [0.717, 1.165) is 27.7 Å². The summed E-state index contributed by atoms with van der Waals surface area (Å²) in [6.45, 7) is 0. The largest absolute Gasteiger partial charge is 0.345 e. The summed E-state index contributed by atoms with van der Waals surface area (Å²) in [5.74, 6) is 2.99. The van der Waals surface area contributed by atoms with E-state index in [0.29, 0.717) is 5.41 Å². The number of rotatable bonds is 1. The van der Waals surface area contributed by atoms with Gasteiger partial charge >= 0.3 is 0 Å². The molecule has 0 unspecified atom stereocenters. The van der Waals surface area contributed by atoms with E-state index < -0.39 is 0 Å². The van der Waals surface area contributed by atoms with Gasteiger partial charge in [-0.25, -0.2) is 4.98 Å². The quantitative estimate of drug-likeness (QED) is 0.799. The molecule has 1 aromatic carbocycles. The Morgan fingerprint density at radius 2 is 1.70 bits per heavy atom. The molecule has 0 radical (unpaired) electrons. The molecule has 2 aromatic rings. The van der Waals surface area contributed by atoms with E-state index in [4.69, 9.17) is 0 Å². The second-order valence-electron chi connectivity index (χ2n) is 7.45. The number of hydrogen-bond donors (Lipinski definition) is 1. The third-order valence-electron chi connectivity index (χ3n) is 6.13. The zero-order valence-corrected chi connectivity index (χ0v) is 13.1. The van der Waals surface area contributed by atoms with Crippen molar-refractivity contribution in [2.45, 2.75) is 43.9 Å². The normalized spacial score (nSPS) is 38.8. The molecule has 4 aliphatic rings. The Bertz CT molecular complexity index is 652. The van der Waals surface area contributed by atoms with Crippen LogP contribution in [0.15, 0.2) is 22.9 Å². The first-order valence-electron chi connectivity index (χ1n) is 7.85. The van der Waals surface area contributed by atoms with Gasteiger partial charge in [0.15, 0.2) is 0 Å². The molecule has 1 heterocycles. The minimum absolute atomic E-state index is 0.469. The van der Waals surface area contributed by atoms with Crippen LogP contribution in [0.25, 0.3) is 11.0 Å². The number of nitrogens with one attached hydrogen (secondary N) is 1. The third kappa shape index (κ3) is 1.53. The Hall–Kier alpha value is -0.830. The van der Waals surface area contributed by atoms with Crippen molar-refractivity contribution in [3.8, 4) is 0 Å². The van der Waals surface area contributed by atoms with Crippen molar-refractivity contribution in [2.24, 2.45) is 17.8 Å². The van der Waals surface area contributed by atoms with E-state index in [1.807, 2.05) is 0 Å². The SMILES string of the molecule is Brc1cc(C23CC4CC(CC(C4)C2)C3)cc2[nH]cnc12. The van der Waals surface area contributed by atoms with Crippen molar-refractivity contribution >= 4 is 27.0 Å². The van der Waals surface area contributed by atoms with Crippen molar-refractivity contribution in [2.75, 3.05) is 0 Å². The highest BCUT2D eigenvalue weighted by atomic mass is 79.9. The fraction of sp³-hybridized carbons (Fsp3) is 0.588. The lowest BCUT2D eigenvalue weighted by Crippen LogP contribution is -2.48. The number of H-pyrrole nitrogens is 1. The number of fused-ring (bicyclic) bond motifs is 1. The molecule has 3 heteroatoms. The molecule has 1 aromatic heterocycles. The summed E-state index contributed by atoms with van der Waals surface area (Å²) in [4.78, 5) is 7.70. The van der Waals surface area contributed by atoms with Crippen LogP contribution in [0.2, 0.25) is 0 Å². The van der Waals surface area contributed by atoms with E-state index in [2.05, 4.69) is 38.0 Å². The van der Waals surface area contributed by atoms with Crippen LogP contribution in [0.1, 0.15) is 44.1 Å². The first-order chi connectivity index (χ1) is 9.72. The minimum Gasteiger partial charge on any atom is -0.345 e. The van der Waals surface area contributed by atoms with Crippen LogP contribution in [0, 0.1) is 17.8 Å². The van der Waals surface area contributed by atoms with Gasteiger partial charge in [-0.05, 0) is 95.3 Å². The Morgan fingerprint density at radius 1 is 1.05 bits per heavy atom. The van der Waals surface area contributed by atoms with Crippen LogP contribution < -0.4 is 0 Å². The number of imidazole rings is 1. The highest BCUT2D eigenvalue weighted by molar-refractivity contribution is 9.10. The minimum atomic E-state index is 0.469. The van der Waals surface area contributed by atoms with Crippen LogP contribution in [0.5, 0.6) is 0 Å². The third-order valence-corrected chi connectivity index (χ3v) is 6.73. The highest BCUT2D eigenvalue weighted by Crippen LogP contribution is 2.61. The maximum absolute atomic E-state index is 4.40. The van der Waals surface area contributed by atoms with Gasteiger partial charge in [0.05, 0.1) is 11.8 Å². The van der Waals surface area contributed by atoms with Crippen molar-refractivity contribution < 1.29 is 0 Å². The molecule has 2 nitrogen and oxygen atoms in total. The number of nitrogens with zero attached hydrogens (tertiary/aromatic N) is 1. The standard InChI is InChI=1S/C17H19BrN2/c18-14-4-13(5-15-16(14)20-9-19-15)17-6-10-1-11(7-17)3-12(2-10)8-17/h4-5,9-12H,1-3,6-8H2,(H,19,20). The van der Waals surface area contributed by atoms with Crippen LogP contribution in [0.4, 0.5) is 0 Å². The average molecular weight is 331 g/mol. The van der Waals surface area contributed by atoms with Gasteiger partial charge in [-0.3, -0.25) is 0 Å². The number of halogens is 1. The molecule has 0 aliphatic heterocycles. The van der Waals surface area contributed by atoms with Gasteiger partial charge in [-0.2, -0.15) is 0 Å². The number of aromatic amines is 1. The second-order valence-corrected chi connectivity index (χ2v) is 8.31.